The molecule has 1 unspecified atom stereocenters. The van der Waals surface area contributed by atoms with E-state index in [0.717, 1.165) is 12.1 Å². The molecule has 1 saturated heterocycles. The van der Waals surface area contributed by atoms with Crippen molar-refractivity contribution >= 4 is 5.78 Å². The standard InChI is InChI=1S/C14H19NO/c1-11(16)9-12-3-5-13(6-4-12)14-7-8-15(2)10-14/h3-6,14H,7-10H2,1-2H3. The van der Waals surface area contributed by atoms with Gasteiger partial charge in [-0.2, -0.15) is 0 Å². The maximum absolute atomic E-state index is 11.0. The molecular weight excluding hydrogens is 198 g/mol. The average Bonchev–Trinajstić information content (AvgIpc) is 2.65. The predicted molar refractivity (Wildman–Crippen MR) is 65.7 cm³/mol. The summed E-state index contributed by atoms with van der Waals surface area (Å²) in [7, 11) is 2.17. The molecule has 2 rings (SSSR count). The Morgan fingerprint density at radius 1 is 1.38 bits per heavy atom. The Kier molecular flexibility index (Phi) is 3.39. The molecule has 0 bridgehead atoms. The van der Waals surface area contributed by atoms with Crippen LogP contribution in [0, 0.1) is 0 Å². The molecule has 1 aliphatic heterocycles. The topological polar surface area (TPSA) is 20.3 Å². The molecule has 1 fully saturated rings. The fourth-order valence-corrected chi connectivity index (χ4v) is 2.40. The summed E-state index contributed by atoms with van der Waals surface area (Å²) in [6.45, 7) is 3.99. The van der Waals surface area contributed by atoms with Crippen LogP contribution in [0.2, 0.25) is 0 Å². The van der Waals surface area contributed by atoms with Gasteiger partial charge in [-0.3, -0.25) is 4.79 Å². The van der Waals surface area contributed by atoms with Gasteiger partial charge in [-0.05, 0) is 44.0 Å². The lowest BCUT2D eigenvalue weighted by Crippen LogP contribution is -2.13. The van der Waals surface area contributed by atoms with Crippen LogP contribution < -0.4 is 0 Å². The molecule has 0 aromatic heterocycles. The van der Waals surface area contributed by atoms with Crippen LogP contribution >= 0.6 is 0 Å². The zero-order chi connectivity index (χ0) is 11.5. The number of likely N-dealkylation sites (N-methyl/N-ethyl adjacent to an activating group) is 1. The highest BCUT2D eigenvalue weighted by Crippen LogP contribution is 2.26. The summed E-state index contributed by atoms with van der Waals surface area (Å²) in [6.07, 6.45) is 1.81. The summed E-state index contributed by atoms with van der Waals surface area (Å²) < 4.78 is 0. The number of benzene rings is 1. The van der Waals surface area contributed by atoms with Gasteiger partial charge in [0.15, 0.2) is 0 Å². The van der Waals surface area contributed by atoms with E-state index in [2.05, 4.69) is 36.2 Å². The molecule has 0 amide bonds. The highest BCUT2D eigenvalue weighted by molar-refractivity contribution is 5.78. The summed E-state index contributed by atoms with van der Waals surface area (Å²) in [5.74, 6) is 0.907. The molecule has 16 heavy (non-hydrogen) atoms. The van der Waals surface area contributed by atoms with E-state index in [1.54, 1.807) is 6.92 Å². The third-order valence-corrected chi connectivity index (χ3v) is 3.30. The van der Waals surface area contributed by atoms with Crippen molar-refractivity contribution in [1.29, 1.82) is 0 Å². The SMILES string of the molecule is CC(=O)Cc1ccc(C2CCN(C)C2)cc1. The monoisotopic (exact) mass is 217 g/mol. The van der Waals surface area contributed by atoms with E-state index in [0.29, 0.717) is 12.3 Å². The van der Waals surface area contributed by atoms with Crippen LogP contribution in [-0.4, -0.2) is 30.8 Å². The van der Waals surface area contributed by atoms with E-state index in [1.807, 2.05) is 0 Å². The van der Waals surface area contributed by atoms with Gasteiger partial charge in [-0.15, -0.1) is 0 Å². The molecule has 2 nitrogen and oxygen atoms in total. The second-order valence-electron chi connectivity index (χ2n) is 4.87. The molecule has 0 radical (unpaired) electrons. The van der Waals surface area contributed by atoms with E-state index < -0.39 is 0 Å². The van der Waals surface area contributed by atoms with E-state index in [9.17, 15) is 4.79 Å². The number of Topliss-reactive ketones (excluding diaryl/α,β-unsaturated/α-hetero) is 1. The zero-order valence-electron chi connectivity index (χ0n) is 10.1. The number of hydrogen-bond acceptors (Lipinski definition) is 2. The number of rotatable bonds is 3. The lowest BCUT2D eigenvalue weighted by Gasteiger charge is -2.11. The van der Waals surface area contributed by atoms with Crippen LogP contribution in [-0.2, 0) is 11.2 Å². The molecule has 0 saturated carbocycles. The Hall–Kier alpha value is -1.15. The number of hydrogen-bond donors (Lipinski definition) is 0. The first-order chi connectivity index (χ1) is 7.65. The normalized spacial score (nSPS) is 21.2. The summed E-state index contributed by atoms with van der Waals surface area (Å²) in [4.78, 5) is 13.4. The summed E-state index contributed by atoms with van der Waals surface area (Å²) in [5.41, 5.74) is 2.54. The van der Waals surface area contributed by atoms with Crippen LogP contribution in [0.5, 0.6) is 0 Å². The van der Waals surface area contributed by atoms with Crippen molar-refractivity contribution in [2.75, 3.05) is 20.1 Å². The fraction of sp³-hybridized carbons (Fsp3) is 0.500. The number of carbonyl (C=O) groups is 1. The van der Waals surface area contributed by atoms with Crippen LogP contribution in [0.25, 0.3) is 0 Å². The zero-order valence-corrected chi connectivity index (χ0v) is 10.1. The molecule has 1 heterocycles. The highest BCUT2D eigenvalue weighted by atomic mass is 16.1. The van der Waals surface area contributed by atoms with Crippen LogP contribution in [0.4, 0.5) is 0 Å². The number of carbonyl (C=O) groups excluding carboxylic acids is 1. The lowest BCUT2D eigenvalue weighted by molar-refractivity contribution is -0.116. The van der Waals surface area contributed by atoms with Crippen molar-refractivity contribution in [1.82, 2.24) is 4.90 Å². The molecule has 86 valence electrons. The Balaban J connectivity index is 2.04. The minimum absolute atomic E-state index is 0.230. The Morgan fingerprint density at radius 2 is 2.06 bits per heavy atom. The Labute approximate surface area is 97.3 Å². The summed E-state index contributed by atoms with van der Waals surface area (Å²) in [5, 5.41) is 0. The second-order valence-corrected chi connectivity index (χ2v) is 4.87. The number of nitrogens with zero attached hydrogens (tertiary/aromatic N) is 1. The maximum Gasteiger partial charge on any atom is 0.134 e. The van der Waals surface area contributed by atoms with E-state index in [4.69, 9.17) is 0 Å². The lowest BCUT2D eigenvalue weighted by atomic mass is 9.96. The van der Waals surface area contributed by atoms with Crippen LogP contribution in [0.1, 0.15) is 30.4 Å². The van der Waals surface area contributed by atoms with Gasteiger partial charge in [0.1, 0.15) is 5.78 Å². The summed E-state index contributed by atoms with van der Waals surface area (Å²) in [6, 6.07) is 8.55. The second kappa shape index (κ2) is 4.79. The third kappa shape index (κ3) is 2.70. The quantitative estimate of drug-likeness (QED) is 0.774. The molecule has 0 spiro atoms. The Morgan fingerprint density at radius 3 is 2.56 bits per heavy atom. The molecule has 1 aromatic rings. The van der Waals surface area contributed by atoms with Crippen molar-refractivity contribution in [2.24, 2.45) is 0 Å². The van der Waals surface area contributed by atoms with E-state index >= 15 is 0 Å². The molecule has 1 aliphatic rings. The number of likely N-dealkylation sites (tertiary alicyclic amines) is 1. The first-order valence-electron chi connectivity index (χ1n) is 5.92. The predicted octanol–water partition coefficient (Wildman–Crippen LogP) is 2.24. The van der Waals surface area contributed by atoms with Crippen LogP contribution in [0.15, 0.2) is 24.3 Å². The van der Waals surface area contributed by atoms with Crippen molar-refractivity contribution < 1.29 is 4.79 Å². The molecule has 1 atom stereocenters. The largest absolute Gasteiger partial charge is 0.306 e. The maximum atomic E-state index is 11.0. The first kappa shape index (κ1) is 11.3. The smallest absolute Gasteiger partial charge is 0.134 e. The minimum atomic E-state index is 0.230. The first-order valence-corrected chi connectivity index (χ1v) is 5.92. The van der Waals surface area contributed by atoms with Crippen molar-refractivity contribution in [2.45, 2.75) is 25.7 Å². The van der Waals surface area contributed by atoms with Crippen molar-refractivity contribution in [3.8, 4) is 0 Å². The van der Waals surface area contributed by atoms with Gasteiger partial charge >= 0.3 is 0 Å². The van der Waals surface area contributed by atoms with Gasteiger partial charge in [0.05, 0.1) is 0 Å². The van der Waals surface area contributed by atoms with Gasteiger partial charge in [0, 0.05) is 13.0 Å². The van der Waals surface area contributed by atoms with Crippen molar-refractivity contribution in [3.05, 3.63) is 35.4 Å². The van der Waals surface area contributed by atoms with Crippen LogP contribution in [0.3, 0.4) is 0 Å². The average molecular weight is 217 g/mol. The van der Waals surface area contributed by atoms with Gasteiger partial charge in [-0.25, -0.2) is 0 Å². The molecule has 2 heteroatoms. The molecular formula is C14H19NO. The fourth-order valence-electron chi connectivity index (χ4n) is 2.40. The molecule has 1 aromatic carbocycles. The van der Waals surface area contributed by atoms with E-state index in [1.165, 1.54) is 18.5 Å². The van der Waals surface area contributed by atoms with Gasteiger partial charge in [-0.1, -0.05) is 24.3 Å². The Bertz CT molecular complexity index is 369. The summed E-state index contributed by atoms with van der Waals surface area (Å²) >= 11 is 0. The van der Waals surface area contributed by atoms with Gasteiger partial charge in [0.25, 0.3) is 0 Å². The minimum Gasteiger partial charge on any atom is -0.306 e. The van der Waals surface area contributed by atoms with E-state index in [-0.39, 0.29) is 5.78 Å². The van der Waals surface area contributed by atoms with Crippen molar-refractivity contribution in [3.63, 3.8) is 0 Å². The number of ketones is 1. The molecule has 0 N–H and O–H groups in total. The van der Waals surface area contributed by atoms with Gasteiger partial charge < -0.3 is 4.90 Å². The third-order valence-electron chi connectivity index (χ3n) is 3.30. The molecule has 0 aliphatic carbocycles. The van der Waals surface area contributed by atoms with Gasteiger partial charge in [0.2, 0.25) is 0 Å². The highest BCUT2D eigenvalue weighted by Gasteiger charge is 2.20.